The van der Waals surface area contributed by atoms with Crippen LogP contribution in [0.3, 0.4) is 0 Å². The van der Waals surface area contributed by atoms with Gasteiger partial charge in [-0.15, -0.1) is 0 Å². The van der Waals surface area contributed by atoms with Gasteiger partial charge in [0.1, 0.15) is 0 Å². The van der Waals surface area contributed by atoms with Crippen LogP contribution in [-0.4, -0.2) is 51.3 Å². The van der Waals surface area contributed by atoms with E-state index in [0.717, 1.165) is 38.7 Å². The van der Waals surface area contributed by atoms with E-state index in [1.165, 1.54) is 11.1 Å². The summed E-state index contributed by atoms with van der Waals surface area (Å²) in [6.07, 6.45) is 1.15. The van der Waals surface area contributed by atoms with Crippen LogP contribution < -0.4 is 5.32 Å². The maximum atomic E-state index is 5.47. The SMILES string of the molecule is CN=C(NCC(C)(C)c1cccc(C)c1)N(C)CC1CCOC1. The van der Waals surface area contributed by atoms with Gasteiger partial charge in [-0.3, -0.25) is 4.99 Å². The van der Waals surface area contributed by atoms with E-state index in [9.17, 15) is 0 Å². The molecule has 1 aliphatic heterocycles. The standard InChI is InChI=1S/C19H31N3O/c1-15-7-6-8-17(11-15)19(2,3)14-21-18(20-4)22(5)12-16-9-10-23-13-16/h6-8,11,16H,9-10,12-14H2,1-5H3,(H,20,21). The number of aliphatic imine (C=N–C) groups is 1. The van der Waals surface area contributed by atoms with Gasteiger partial charge < -0.3 is 15.0 Å². The Morgan fingerprint density at radius 2 is 2.22 bits per heavy atom. The predicted molar refractivity (Wildman–Crippen MR) is 97.1 cm³/mol. The summed E-state index contributed by atoms with van der Waals surface area (Å²) < 4.78 is 5.47. The molecule has 0 aromatic heterocycles. The van der Waals surface area contributed by atoms with Crippen molar-refractivity contribution in [2.45, 2.75) is 32.6 Å². The second kappa shape index (κ2) is 7.82. The van der Waals surface area contributed by atoms with Gasteiger partial charge in [0, 0.05) is 45.1 Å². The van der Waals surface area contributed by atoms with Crippen molar-refractivity contribution < 1.29 is 4.74 Å². The molecule has 0 saturated carbocycles. The Balaban J connectivity index is 1.93. The molecule has 4 heteroatoms. The number of rotatable bonds is 5. The van der Waals surface area contributed by atoms with Crippen LogP contribution in [0, 0.1) is 12.8 Å². The summed E-state index contributed by atoms with van der Waals surface area (Å²) in [6, 6.07) is 8.75. The molecule has 4 nitrogen and oxygen atoms in total. The molecular weight excluding hydrogens is 286 g/mol. The lowest BCUT2D eigenvalue weighted by atomic mass is 9.84. The van der Waals surface area contributed by atoms with Crippen molar-refractivity contribution in [2.24, 2.45) is 10.9 Å². The Hall–Kier alpha value is -1.55. The molecule has 1 unspecified atom stereocenters. The molecule has 0 aliphatic carbocycles. The van der Waals surface area contributed by atoms with Crippen LogP contribution in [0.2, 0.25) is 0 Å². The molecule has 0 amide bonds. The van der Waals surface area contributed by atoms with Crippen LogP contribution in [0.5, 0.6) is 0 Å². The third kappa shape index (κ3) is 4.96. The van der Waals surface area contributed by atoms with Crippen molar-refractivity contribution in [1.82, 2.24) is 10.2 Å². The van der Waals surface area contributed by atoms with Crippen LogP contribution in [0.1, 0.15) is 31.4 Å². The van der Waals surface area contributed by atoms with Crippen LogP contribution in [-0.2, 0) is 10.2 Å². The van der Waals surface area contributed by atoms with Gasteiger partial charge in [0.05, 0.1) is 6.61 Å². The maximum absolute atomic E-state index is 5.47. The maximum Gasteiger partial charge on any atom is 0.193 e. The molecule has 1 atom stereocenters. The summed E-state index contributed by atoms with van der Waals surface area (Å²) in [6.45, 7) is 10.3. The van der Waals surface area contributed by atoms with E-state index >= 15 is 0 Å². The number of hydrogen-bond acceptors (Lipinski definition) is 2. The Labute approximate surface area is 140 Å². The van der Waals surface area contributed by atoms with E-state index < -0.39 is 0 Å². The lowest BCUT2D eigenvalue weighted by Crippen LogP contribution is -2.45. The normalized spacial score (nSPS) is 19.0. The van der Waals surface area contributed by atoms with Crippen LogP contribution >= 0.6 is 0 Å². The molecule has 1 fully saturated rings. The van der Waals surface area contributed by atoms with Crippen molar-refractivity contribution in [3.8, 4) is 0 Å². The van der Waals surface area contributed by atoms with Gasteiger partial charge in [-0.1, -0.05) is 43.7 Å². The minimum atomic E-state index is 0.0548. The molecule has 2 rings (SSSR count). The summed E-state index contributed by atoms with van der Waals surface area (Å²) >= 11 is 0. The third-order valence-corrected chi connectivity index (χ3v) is 4.62. The second-order valence-electron chi connectivity index (χ2n) is 7.26. The zero-order chi connectivity index (χ0) is 16.9. The summed E-state index contributed by atoms with van der Waals surface area (Å²) in [4.78, 5) is 6.65. The Kier molecular flexibility index (Phi) is 6.05. The fourth-order valence-corrected chi connectivity index (χ4v) is 3.05. The minimum Gasteiger partial charge on any atom is -0.381 e. The van der Waals surface area contributed by atoms with E-state index in [4.69, 9.17) is 4.74 Å². The number of aryl methyl sites for hydroxylation is 1. The summed E-state index contributed by atoms with van der Waals surface area (Å²) in [5.74, 6) is 1.57. The highest BCUT2D eigenvalue weighted by molar-refractivity contribution is 5.79. The first-order valence-electron chi connectivity index (χ1n) is 8.49. The zero-order valence-electron chi connectivity index (χ0n) is 15.2. The molecular formula is C19H31N3O. The number of guanidine groups is 1. The first kappa shape index (κ1) is 17.8. The fraction of sp³-hybridized carbons (Fsp3) is 0.632. The Morgan fingerprint density at radius 1 is 1.43 bits per heavy atom. The van der Waals surface area contributed by atoms with Crippen molar-refractivity contribution in [2.75, 3.05) is 40.4 Å². The van der Waals surface area contributed by atoms with Crippen molar-refractivity contribution in [3.63, 3.8) is 0 Å². The Morgan fingerprint density at radius 3 is 2.83 bits per heavy atom. The van der Waals surface area contributed by atoms with Gasteiger partial charge in [0.25, 0.3) is 0 Å². The number of nitrogens with one attached hydrogen (secondary N) is 1. The average molecular weight is 317 g/mol. The molecule has 128 valence electrons. The lowest BCUT2D eigenvalue weighted by molar-refractivity contribution is 0.181. The average Bonchev–Trinajstić information content (AvgIpc) is 3.00. The second-order valence-corrected chi connectivity index (χ2v) is 7.26. The highest BCUT2D eigenvalue weighted by atomic mass is 16.5. The highest BCUT2D eigenvalue weighted by Crippen LogP contribution is 2.23. The van der Waals surface area contributed by atoms with Crippen molar-refractivity contribution in [3.05, 3.63) is 35.4 Å². The topological polar surface area (TPSA) is 36.9 Å². The first-order chi connectivity index (χ1) is 10.9. The van der Waals surface area contributed by atoms with E-state index in [1.807, 2.05) is 7.05 Å². The van der Waals surface area contributed by atoms with Gasteiger partial charge >= 0.3 is 0 Å². The smallest absolute Gasteiger partial charge is 0.193 e. The predicted octanol–water partition coefficient (Wildman–Crippen LogP) is 2.82. The molecule has 1 aromatic rings. The van der Waals surface area contributed by atoms with Crippen molar-refractivity contribution in [1.29, 1.82) is 0 Å². The summed E-state index contributed by atoms with van der Waals surface area (Å²) in [5.41, 5.74) is 2.71. The van der Waals surface area contributed by atoms with Gasteiger partial charge in [0.2, 0.25) is 0 Å². The molecule has 1 aliphatic rings. The highest BCUT2D eigenvalue weighted by Gasteiger charge is 2.23. The largest absolute Gasteiger partial charge is 0.381 e. The van der Waals surface area contributed by atoms with Gasteiger partial charge in [-0.2, -0.15) is 0 Å². The lowest BCUT2D eigenvalue weighted by Gasteiger charge is -2.30. The molecule has 1 saturated heterocycles. The summed E-state index contributed by atoms with van der Waals surface area (Å²) in [5, 5.41) is 3.54. The Bertz CT molecular complexity index is 533. The molecule has 0 spiro atoms. The zero-order valence-corrected chi connectivity index (χ0v) is 15.2. The van der Waals surface area contributed by atoms with E-state index in [-0.39, 0.29) is 5.41 Å². The van der Waals surface area contributed by atoms with E-state index in [0.29, 0.717) is 5.92 Å². The van der Waals surface area contributed by atoms with E-state index in [2.05, 4.69) is 67.3 Å². The van der Waals surface area contributed by atoms with Gasteiger partial charge in [-0.25, -0.2) is 0 Å². The third-order valence-electron chi connectivity index (χ3n) is 4.62. The van der Waals surface area contributed by atoms with E-state index in [1.54, 1.807) is 0 Å². The molecule has 1 heterocycles. The van der Waals surface area contributed by atoms with Gasteiger partial charge in [0.15, 0.2) is 5.96 Å². The number of ether oxygens (including phenoxy) is 1. The van der Waals surface area contributed by atoms with Crippen LogP contribution in [0.15, 0.2) is 29.3 Å². The fourth-order valence-electron chi connectivity index (χ4n) is 3.05. The van der Waals surface area contributed by atoms with Gasteiger partial charge in [-0.05, 0) is 18.9 Å². The monoisotopic (exact) mass is 317 g/mol. The number of hydrogen-bond donors (Lipinski definition) is 1. The van der Waals surface area contributed by atoms with Crippen LogP contribution in [0.25, 0.3) is 0 Å². The number of benzene rings is 1. The number of nitrogens with zero attached hydrogens (tertiary/aromatic N) is 2. The molecule has 23 heavy (non-hydrogen) atoms. The van der Waals surface area contributed by atoms with Crippen molar-refractivity contribution >= 4 is 5.96 Å². The summed E-state index contributed by atoms with van der Waals surface area (Å²) in [7, 11) is 3.96. The molecule has 0 bridgehead atoms. The molecule has 1 aromatic carbocycles. The quantitative estimate of drug-likeness (QED) is 0.670. The molecule has 0 radical (unpaired) electrons. The van der Waals surface area contributed by atoms with Crippen LogP contribution in [0.4, 0.5) is 0 Å². The first-order valence-corrected chi connectivity index (χ1v) is 8.49. The minimum absolute atomic E-state index is 0.0548. The molecule has 1 N–H and O–H groups in total.